The normalized spacial score (nSPS) is 11.5. The number of aromatic nitrogens is 2. The van der Waals surface area contributed by atoms with Crippen LogP contribution in [0.4, 0.5) is 0 Å². The summed E-state index contributed by atoms with van der Waals surface area (Å²) in [7, 11) is 0. The summed E-state index contributed by atoms with van der Waals surface area (Å²) in [4.78, 5) is 13.9. The fourth-order valence-corrected chi connectivity index (χ4v) is 2.76. The van der Waals surface area contributed by atoms with E-state index in [1.54, 1.807) is 0 Å². The van der Waals surface area contributed by atoms with Gasteiger partial charge >= 0.3 is 5.76 Å². The Bertz CT molecular complexity index is 1000. The monoisotopic (exact) mass is 278 g/mol. The molecule has 2 aromatic carbocycles. The third-order valence-corrected chi connectivity index (χ3v) is 3.87. The van der Waals surface area contributed by atoms with Gasteiger partial charge in [-0.1, -0.05) is 18.2 Å². The van der Waals surface area contributed by atoms with E-state index in [1.807, 2.05) is 18.2 Å². The van der Waals surface area contributed by atoms with Gasteiger partial charge in [-0.25, -0.2) is 4.79 Å². The molecular formula is C17H14N2O2. The Hall–Kier alpha value is -2.75. The number of aryl methyl sites for hydroxylation is 1. The largest absolute Gasteiger partial charge is 0.417 e. The first kappa shape index (κ1) is 12.0. The van der Waals surface area contributed by atoms with Gasteiger partial charge in [0.15, 0.2) is 5.58 Å². The van der Waals surface area contributed by atoms with Gasteiger partial charge in [0.2, 0.25) is 0 Å². The highest BCUT2D eigenvalue weighted by molar-refractivity contribution is 5.87. The van der Waals surface area contributed by atoms with E-state index in [4.69, 9.17) is 4.42 Å². The van der Waals surface area contributed by atoms with E-state index in [-0.39, 0.29) is 0 Å². The molecule has 1 N–H and O–H groups in total. The van der Waals surface area contributed by atoms with Crippen LogP contribution in [-0.2, 0) is 6.54 Å². The van der Waals surface area contributed by atoms with Crippen LogP contribution in [0.25, 0.3) is 33.1 Å². The lowest BCUT2D eigenvalue weighted by Crippen LogP contribution is -1.92. The molecule has 0 unspecified atom stereocenters. The molecule has 0 spiro atoms. The number of oxazole rings is 1. The molecule has 104 valence electrons. The quantitative estimate of drug-likeness (QED) is 0.607. The molecule has 4 heteroatoms. The Kier molecular flexibility index (Phi) is 2.51. The number of aromatic amines is 1. The summed E-state index contributed by atoms with van der Waals surface area (Å²) in [6.45, 7) is 3.07. The Morgan fingerprint density at radius 3 is 2.76 bits per heavy atom. The summed E-state index contributed by atoms with van der Waals surface area (Å²) >= 11 is 0. The zero-order chi connectivity index (χ0) is 14.4. The zero-order valence-electron chi connectivity index (χ0n) is 11.6. The highest BCUT2D eigenvalue weighted by Crippen LogP contribution is 2.27. The Balaban J connectivity index is 1.92. The van der Waals surface area contributed by atoms with E-state index < -0.39 is 5.76 Å². The molecule has 0 aliphatic rings. The molecule has 0 aliphatic carbocycles. The van der Waals surface area contributed by atoms with E-state index in [0.717, 1.165) is 23.2 Å². The molecule has 4 nitrogen and oxygen atoms in total. The number of H-pyrrole nitrogens is 1. The third-order valence-electron chi connectivity index (χ3n) is 3.87. The average Bonchev–Trinajstić information content (AvgIpc) is 3.07. The van der Waals surface area contributed by atoms with Gasteiger partial charge in [-0.3, -0.25) is 4.98 Å². The highest BCUT2D eigenvalue weighted by Gasteiger charge is 2.06. The van der Waals surface area contributed by atoms with E-state index in [0.29, 0.717) is 5.58 Å². The number of fused-ring (bicyclic) bond motifs is 2. The summed E-state index contributed by atoms with van der Waals surface area (Å²) in [6.07, 6.45) is 2.10. The minimum Gasteiger partial charge on any atom is -0.408 e. The molecule has 0 atom stereocenters. The van der Waals surface area contributed by atoms with Gasteiger partial charge < -0.3 is 8.98 Å². The van der Waals surface area contributed by atoms with Crippen LogP contribution in [0.2, 0.25) is 0 Å². The first-order valence-electron chi connectivity index (χ1n) is 6.97. The SMILES string of the molecule is CCn1ccc2ccc(-c3ccc4[nH]c(=O)oc4c3)cc21. The van der Waals surface area contributed by atoms with Crippen molar-refractivity contribution in [3.8, 4) is 11.1 Å². The van der Waals surface area contributed by atoms with Crippen molar-refractivity contribution in [3.05, 3.63) is 59.2 Å². The summed E-state index contributed by atoms with van der Waals surface area (Å²) in [5.74, 6) is -0.419. The molecule has 4 rings (SSSR count). The Labute approximate surface area is 120 Å². The standard InChI is InChI=1S/C17H14N2O2/c1-2-19-8-7-11-3-4-12(9-15(11)19)13-5-6-14-16(10-13)21-17(20)18-14/h3-10H,2H2,1H3,(H,18,20). The van der Waals surface area contributed by atoms with Crippen LogP contribution in [0, 0.1) is 0 Å². The molecule has 0 fully saturated rings. The minimum atomic E-state index is -0.419. The maximum atomic E-state index is 11.2. The van der Waals surface area contributed by atoms with Crippen LogP contribution in [0.3, 0.4) is 0 Å². The second-order valence-electron chi connectivity index (χ2n) is 5.10. The summed E-state index contributed by atoms with van der Waals surface area (Å²) in [5, 5.41) is 1.23. The molecule has 0 bridgehead atoms. The molecule has 0 radical (unpaired) electrons. The van der Waals surface area contributed by atoms with Gasteiger partial charge in [-0.2, -0.15) is 0 Å². The lowest BCUT2D eigenvalue weighted by atomic mass is 10.0. The van der Waals surface area contributed by atoms with Gasteiger partial charge in [0, 0.05) is 18.3 Å². The minimum absolute atomic E-state index is 0.419. The zero-order valence-corrected chi connectivity index (χ0v) is 11.6. The fourth-order valence-electron chi connectivity index (χ4n) is 2.76. The van der Waals surface area contributed by atoms with Crippen molar-refractivity contribution in [1.29, 1.82) is 0 Å². The summed E-state index contributed by atoms with van der Waals surface area (Å²) < 4.78 is 7.35. The van der Waals surface area contributed by atoms with Crippen molar-refractivity contribution in [3.63, 3.8) is 0 Å². The number of nitrogens with zero attached hydrogens (tertiary/aromatic N) is 1. The van der Waals surface area contributed by atoms with Gasteiger partial charge in [0.05, 0.1) is 5.52 Å². The fraction of sp³-hybridized carbons (Fsp3) is 0.118. The van der Waals surface area contributed by atoms with Crippen LogP contribution < -0.4 is 5.76 Å². The highest BCUT2D eigenvalue weighted by atomic mass is 16.4. The van der Waals surface area contributed by atoms with Crippen molar-refractivity contribution >= 4 is 22.0 Å². The first-order valence-corrected chi connectivity index (χ1v) is 6.97. The molecule has 0 saturated carbocycles. The van der Waals surface area contributed by atoms with Gasteiger partial charge in [-0.15, -0.1) is 0 Å². The first-order chi connectivity index (χ1) is 10.2. The van der Waals surface area contributed by atoms with Crippen molar-refractivity contribution in [2.45, 2.75) is 13.5 Å². The second kappa shape index (κ2) is 4.38. The van der Waals surface area contributed by atoms with Gasteiger partial charge in [0.1, 0.15) is 0 Å². The van der Waals surface area contributed by atoms with Crippen molar-refractivity contribution in [2.24, 2.45) is 0 Å². The molecular weight excluding hydrogens is 264 g/mol. The van der Waals surface area contributed by atoms with Gasteiger partial charge in [-0.05, 0) is 47.7 Å². The average molecular weight is 278 g/mol. The number of rotatable bonds is 2. The van der Waals surface area contributed by atoms with E-state index in [2.05, 4.69) is 46.9 Å². The number of benzene rings is 2. The van der Waals surface area contributed by atoms with Crippen molar-refractivity contribution < 1.29 is 4.42 Å². The molecule has 0 amide bonds. The Morgan fingerprint density at radius 1 is 1.10 bits per heavy atom. The van der Waals surface area contributed by atoms with E-state index in [9.17, 15) is 4.79 Å². The maximum absolute atomic E-state index is 11.2. The third kappa shape index (κ3) is 1.88. The van der Waals surface area contributed by atoms with Crippen LogP contribution in [-0.4, -0.2) is 9.55 Å². The number of nitrogens with one attached hydrogen (secondary N) is 1. The molecule has 0 saturated heterocycles. The van der Waals surface area contributed by atoms with Crippen molar-refractivity contribution in [1.82, 2.24) is 9.55 Å². The predicted molar refractivity (Wildman–Crippen MR) is 83.4 cm³/mol. The Morgan fingerprint density at radius 2 is 1.90 bits per heavy atom. The molecule has 0 aliphatic heterocycles. The van der Waals surface area contributed by atoms with Crippen LogP contribution in [0.1, 0.15) is 6.92 Å². The summed E-state index contributed by atoms with van der Waals surface area (Å²) in [6, 6.07) is 14.3. The lowest BCUT2D eigenvalue weighted by molar-refractivity contribution is 0.555. The topological polar surface area (TPSA) is 50.9 Å². The van der Waals surface area contributed by atoms with Crippen molar-refractivity contribution in [2.75, 3.05) is 0 Å². The van der Waals surface area contributed by atoms with E-state index >= 15 is 0 Å². The smallest absolute Gasteiger partial charge is 0.408 e. The molecule has 4 aromatic rings. The number of hydrogen-bond donors (Lipinski definition) is 1. The number of hydrogen-bond acceptors (Lipinski definition) is 2. The van der Waals surface area contributed by atoms with E-state index in [1.165, 1.54) is 10.9 Å². The predicted octanol–water partition coefficient (Wildman–Crippen LogP) is 3.76. The summed E-state index contributed by atoms with van der Waals surface area (Å²) in [5.41, 5.74) is 4.67. The molecule has 2 aromatic heterocycles. The van der Waals surface area contributed by atoms with Crippen LogP contribution in [0.5, 0.6) is 0 Å². The molecule has 2 heterocycles. The lowest BCUT2D eigenvalue weighted by Gasteiger charge is -2.05. The second-order valence-corrected chi connectivity index (χ2v) is 5.10. The molecule has 21 heavy (non-hydrogen) atoms. The maximum Gasteiger partial charge on any atom is 0.417 e. The van der Waals surface area contributed by atoms with Gasteiger partial charge in [0.25, 0.3) is 0 Å². The van der Waals surface area contributed by atoms with Crippen LogP contribution >= 0.6 is 0 Å². The van der Waals surface area contributed by atoms with Crippen LogP contribution in [0.15, 0.2) is 57.9 Å².